The van der Waals surface area contributed by atoms with Gasteiger partial charge in [-0.3, -0.25) is 9.59 Å². The number of carbonyl (C=O) groups excluding carboxylic acids is 2. The number of para-hydroxylation sites is 1. The van der Waals surface area contributed by atoms with Crippen molar-refractivity contribution in [3.05, 3.63) is 95.8 Å². The van der Waals surface area contributed by atoms with Crippen LogP contribution in [0.4, 0.5) is 4.39 Å². The maximum absolute atomic E-state index is 13.5. The standard InChI is InChI=1S/C30H28FN3O3/c1-37-24-13-6-21(7-14-24)8-15-28(35)33-16-18-34(19-17-33)29(36)20-26-25-4-2-3-5-27(25)32-30(26)22-9-11-23(31)12-10-22/h2-15,32H,16-20H2,1H3/b15-8+. The van der Waals surface area contributed by atoms with Gasteiger partial charge < -0.3 is 19.5 Å². The lowest BCUT2D eigenvalue weighted by Gasteiger charge is -2.34. The number of ether oxygens (including phenoxy) is 1. The molecule has 1 aromatic heterocycles. The number of carbonyl (C=O) groups is 2. The van der Waals surface area contributed by atoms with Crippen molar-refractivity contribution in [1.82, 2.24) is 14.8 Å². The molecule has 188 valence electrons. The van der Waals surface area contributed by atoms with E-state index < -0.39 is 0 Å². The molecule has 1 aliphatic heterocycles. The third-order valence-electron chi connectivity index (χ3n) is 6.75. The largest absolute Gasteiger partial charge is 0.497 e. The van der Waals surface area contributed by atoms with Crippen LogP contribution >= 0.6 is 0 Å². The molecule has 1 aliphatic rings. The number of fused-ring (bicyclic) bond motifs is 1. The first-order chi connectivity index (χ1) is 18.0. The summed E-state index contributed by atoms with van der Waals surface area (Å²) in [5, 5.41) is 0.979. The van der Waals surface area contributed by atoms with Gasteiger partial charge in [0.25, 0.3) is 0 Å². The quantitative estimate of drug-likeness (QED) is 0.385. The number of aromatic amines is 1. The zero-order valence-corrected chi connectivity index (χ0v) is 20.6. The summed E-state index contributed by atoms with van der Waals surface area (Å²) in [7, 11) is 1.61. The van der Waals surface area contributed by atoms with E-state index >= 15 is 0 Å². The number of benzene rings is 3. The van der Waals surface area contributed by atoms with E-state index in [-0.39, 0.29) is 24.1 Å². The first-order valence-corrected chi connectivity index (χ1v) is 12.3. The van der Waals surface area contributed by atoms with Crippen molar-refractivity contribution in [3.8, 4) is 17.0 Å². The number of aromatic nitrogens is 1. The summed E-state index contributed by atoms with van der Waals surface area (Å²) in [4.78, 5) is 33.0. The summed E-state index contributed by atoms with van der Waals surface area (Å²) in [6, 6.07) is 21.6. The molecule has 0 radical (unpaired) electrons. The number of hydrogen-bond donors (Lipinski definition) is 1. The predicted molar refractivity (Wildman–Crippen MR) is 143 cm³/mol. The SMILES string of the molecule is COc1ccc(/C=C/C(=O)N2CCN(C(=O)Cc3c(-c4ccc(F)cc4)[nH]c4ccccc34)CC2)cc1. The van der Waals surface area contributed by atoms with Gasteiger partial charge in [-0.05, 0) is 65.2 Å². The van der Waals surface area contributed by atoms with Crippen molar-refractivity contribution in [2.75, 3.05) is 33.3 Å². The Bertz CT molecular complexity index is 1430. The fourth-order valence-corrected chi connectivity index (χ4v) is 4.67. The molecule has 3 aromatic carbocycles. The Labute approximate surface area is 215 Å². The monoisotopic (exact) mass is 497 g/mol. The minimum absolute atomic E-state index is 0.00832. The number of hydrogen-bond acceptors (Lipinski definition) is 3. The average molecular weight is 498 g/mol. The van der Waals surface area contributed by atoms with Gasteiger partial charge in [0.15, 0.2) is 0 Å². The Morgan fingerprint density at radius 3 is 2.30 bits per heavy atom. The third-order valence-corrected chi connectivity index (χ3v) is 6.75. The summed E-state index contributed by atoms with van der Waals surface area (Å²) in [5.74, 6) is 0.401. The molecule has 1 saturated heterocycles. The molecule has 6 nitrogen and oxygen atoms in total. The van der Waals surface area contributed by atoms with Crippen LogP contribution < -0.4 is 4.74 Å². The number of amides is 2. The van der Waals surface area contributed by atoms with E-state index in [2.05, 4.69) is 4.98 Å². The molecule has 4 aromatic rings. The summed E-state index contributed by atoms with van der Waals surface area (Å²) < 4.78 is 18.7. The van der Waals surface area contributed by atoms with Crippen molar-refractivity contribution in [2.24, 2.45) is 0 Å². The summed E-state index contributed by atoms with van der Waals surface area (Å²) in [6.07, 6.45) is 3.58. The van der Waals surface area contributed by atoms with Crippen LogP contribution in [0.5, 0.6) is 5.75 Å². The highest BCUT2D eigenvalue weighted by Gasteiger charge is 2.25. The summed E-state index contributed by atoms with van der Waals surface area (Å²) >= 11 is 0. The minimum Gasteiger partial charge on any atom is -0.497 e. The number of nitrogens with zero attached hydrogens (tertiary/aromatic N) is 2. The van der Waals surface area contributed by atoms with Crippen LogP contribution in [0.15, 0.2) is 78.9 Å². The molecule has 37 heavy (non-hydrogen) atoms. The zero-order chi connectivity index (χ0) is 25.8. The van der Waals surface area contributed by atoms with Gasteiger partial charge >= 0.3 is 0 Å². The van der Waals surface area contributed by atoms with Crippen molar-refractivity contribution in [3.63, 3.8) is 0 Å². The second-order valence-corrected chi connectivity index (χ2v) is 9.02. The smallest absolute Gasteiger partial charge is 0.246 e. The minimum atomic E-state index is -0.302. The highest BCUT2D eigenvalue weighted by Crippen LogP contribution is 2.31. The second kappa shape index (κ2) is 10.7. The highest BCUT2D eigenvalue weighted by molar-refractivity contribution is 5.95. The Kier molecular flexibility index (Phi) is 7.03. The number of rotatable bonds is 6. The molecule has 2 heterocycles. The van der Waals surface area contributed by atoms with Crippen LogP contribution in [-0.4, -0.2) is 59.9 Å². The maximum Gasteiger partial charge on any atom is 0.246 e. The third kappa shape index (κ3) is 5.40. The normalized spacial score (nSPS) is 13.9. The average Bonchev–Trinajstić information content (AvgIpc) is 3.30. The van der Waals surface area contributed by atoms with Crippen molar-refractivity contribution in [1.29, 1.82) is 0 Å². The van der Waals surface area contributed by atoms with Gasteiger partial charge in [0.2, 0.25) is 11.8 Å². The summed E-state index contributed by atoms with van der Waals surface area (Å²) in [5.41, 5.74) is 4.40. The van der Waals surface area contributed by atoms with Crippen LogP contribution in [0.2, 0.25) is 0 Å². The number of nitrogens with one attached hydrogen (secondary N) is 1. The predicted octanol–water partition coefficient (Wildman–Crippen LogP) is 4.91. The van der Waals surface area contributed by atoms with E-state index in [1.54, 1.807) is 36.3 Å². The van der Waals surface area contributed by atoms with E-state index in [0.717, 1.165) is 39.0 Å². The molecule has 0 aliphatic carbocycles. The summed E-state index contributed by atoms with van der Waals surface area (Å²) in [6.45, 7) is 1.93. The maximum atomic E-state index is 13.5. The Balaban J connectivity index is 1.24. The highest BCUT2D eigenvalue weighted by atomic mass is 19.1. The number of methoxy groups -OCH3 is 1. The van der Waals surface area contributed by atoms with E-state index in [1.165, 1.54) is 12.1 Å². The molecular weight excluding hydrogens is 469 g/mol. The van der Waals surface area contributed by atoms with Gasteiger partial charge in [-0.2, -0.15) is 0 Å². The molecule has 0 bridgehead atoms. The van der Waals surface area contributed by atoms with Gasteiger partial charge in [0, 0.05) is 43.2 Å². The molecule has 7 heteroatoms. The number of halogens is 1. The van der Waals surface area contributed by atoms with E-state index in [9.17, 15) is 14.0 Å². The van der Waals surface area contributed by atoms with Gasteiger partial charge in [0.05, 0.1) is 19.2 Å². The van der Waals surface area contributed by atoms with Crippen LogP contribution in [0.3, 0.4) is 0 Å². The Hall–Kier alpha value is -4.39. The van der Waals surface area contributed by atoms with E-state index in [4.69, 9.17) is 4.74 Å². The van der Waals surface area contributed by atoms with Gasteiger partial charge in [-0.1, -0.05) is 30.3 Å². The van der Waals surface area contributed by atoms with Crippen LogP contribution in [0.1, 0.15) is 11.1 Å². The molecule has 0 spiro atoms. The fourth-order valence-electron chi connectivity index (χ4n) is 4.67. The van der Waals surface area contributed by atoms with Crippen LogP contribution in [-0.2, 0) is 16.0 Å². The molecule has 1 N–H and O–H groups in total. The fraction of sp³-hybridized carbons (Fsp3) is 0.200. The number of H-pyrrole nitrogens is 1. The van der Waals surface area contributed by atoms with Crippen LogP contribution in [0, 0.1) is 5.82 Å². The first-order valence-electron chi connectivity index (χ1n) is 12.3. The molecule has 0 unspecified atom stereocenters. The van der Waals surface area contributed by atoms with E-state index in [0.29, 0.717) is 26.2 Å². The van der Waals surface area contributed by atoms with Gasteiger partial charge in [0.1, 0.15) is 11.6 Å². The molecule has 1 fully saturated rings. The topological polar surface area (TPSA) is 65.6 Å². The zero-order valence-electron chi connectivity index (χ0n) is 20.6. The van der Waals surface area contributed by atoms with Gasteiger partial charge in [-0.25, -0.2) is 4.39 Å². The molecular formula is C30H28FN3O3. The molecule has 0 saturated carbocycles. The second-order valence-electron chi connectivity index (χ2n) is 9.02. The van der Waals surface area contributed by atoms with Crippen molar-refractivity contribution >= 4 is 28.8 Å². The van der Waals surface area contributed by atoms with Gasteiger partial charge in [-0.15, -0.1) is 0 Å². The molecule has 2 amide bonds. The van der Waals surface area contributed by atoms with E-state index in [1.807, 2.05) is 53.4 Å². The first kappa shape index (κ1) is 24.3. The Morgan fingerprint density at radius 2 is 1.59 bits per heavy atom. The lowest BCUT2D eigenvalue weighted by Crippen LogP contribution is -2.50. The lowest BCUT2D eigenvalue weighted by molar-refractivity contribution is -0.136. The number of piperazine rings is 1. The molecule has 5 rings (SSSR count). The Morgan fingerprint density at radius 1 is 0.919 bits per heavy atom. The molecule has 0 atom stereocenters. The van der Waals surface area contributed by atoms with Crippen LogP contribution in [0.25, 0.3) is 28.2 Å². The van der Waals surface area contributed by atoms with Crippen molar-refractivity contribution in [2.45, 2.75) is 6.42 Å². The van der Waals surface area contributed by atoms with Crippen molar-refractivity contribution < 1.29 is 18.7 Å². The lowest BCUT2D eigenvalue weighted by atomic mass is 10.0.